The van der Waals surface area contributed by atoms with E-state index in [0.29, 0.717) is 19.4 Å². The Balaban J connectivity index is 3.99. The molecule has 0 N–H and O–H groups in total. The largest absolute Gasteiger partial charge is 0.466 e. The summed E-state index contributed by atoms with van der Waals surface area (Å²) in [5.41, 5.74) is -0.325. The summed E-state index contributed by atoms with van der Waals surface area (Å²) in [6, 6.07) is 0. The third-order valence-corrected chi connectivity index (χ3v) is 2.27. The summed E-state index contributed by atoms with van der Waals surface area (Å²) in [5.74, 6) is -0.0905. The second-order valence-corrected chi connectivity index (χ2v) is 4.86. The standard InChI is InChI=1S/C12H22O3/c1-6-15-10(13)8-7-9(2)11(14)12(3,4)5/h9H,6-8H2,1-5H3. The molecule has 0 rings (SSSR count). The van der Waals surface area contributed by atoms with Gasteiger partial charge in [-0.25, -0.2) is 0 Å². The molecule has 1 unspecified atom stereocenters. The number of rotatable bonds is 5. The van der Waals surface area contributed by atoms with Crippen LogP contribution in [-0.4, -0.2) is 18.4 Å². The molecule has 88 valence electrons. The number of ketones is 1. The van der Waals surface area contributed by atoms with Crippen LogP contribution in [0, 0.1) is 11.3 Å². The van der Waals surface area contributed by atoms with Crippen molar-refractivity contribution in [3.8, 4) is 0 Å². The molecule has 3 heteroatoms. The van der Waals surface area contributed by atoms with Gasteiger partial charge in [0.2, 0.25) is 0 Å². The second kappa shape index (κ2) is 5.89. The molecule has 0 radical (unpaired) electrons. The zero-order valence-electron chi connectivity index (χ0n) is 10.4. The van der Waals surface area contributed by atoms with Gasteiger partial charge in [-0.1, -0.05) is 27.7 Å². The quantitative estimate of drug-likeness (QED) is 0.661. The van der Waals surface area contributed by atoms with Crippen LogP contribution < -0.4 is 0 Å². The van der Waals surface area contributed by atoms with Gasteiger partial charge in [0.25, 0.3) is 0 Å². The van der Waals surface area contributed by atoms with Gasteiger partial charge in [-0.3, -0.25) is 9.59 Å². The summed E-state index contributed by atoms with van der Waals surface area (Å²) in [7, 11) is 0. The Hall–Kier alpha value is -0.860. The van der Waals surface area contributed by atoms with E-state index in [1.165, 1.54) is 0 Å². The summed E-state index contributed by atoms with van der Waals surface area (Å²) < 4.78 is 4.81. The molecule has 0 amide bonds. The normalized spacial score (nSPS) is 13.4. The molecule has 0 aromatic heterocycles. The topological polar surface area (TPSA) is 43.4 Å². The fraction of sp³-hybridized carbons (Fsp3) is 0.833. The van der Waals surface area contributed by atoms with Gasteiger partial charge in [-0.15, -0.1) is 0 Å². The smallest absolute Gasteiger partial charge is 0.305 e. The van der Waals surface area contributed by atoms with Crippen LogP contribution in [0.4, 0.5) is 0 Å². The average molecular weight is 214 g/mol. The molecule has 0 aliphatic rings. The molecule has 0 aliphatic carbocycles. The van der Waals surface area contributed by atoms with Crippen molar-refractivity contribution < 1.29 is 14.3 Å². The number of hydrogen-bond donors (Lipinski definition) is 0. The van der Waals surface area contributed by atoms with E-state index in [4.69, 9.17) is 4.74 Å². The maximum absolute atomic E-state index is 11.8. The van der Waals surface area contributed by atoms with Crippen LogP contribution >= 0.6 is 0 Å². The van der Waals surface area contributed by atoms with Crippen LogP contribution in [0.5, 0.6) is 0 Å². The first-order valence-electron chi connectivity index (χ1n) is 5.49. The molecule has 0 saturated carbocycles. The molecule has 0 aromatic rings. The predicted molar refractivity (Wildman–Crippen MR) is 59.5 cm³/mol. The minimum absolute atomic E-state index is 0.0746. The van der Waals surface area contributed by atoms with Gasteiger partial charge in [-0.05, 0) is 13.3 Å². The number of hydrogen-bond acceptors (Lipinski definition) is 3. The van der Waals surface area contributed by atoms with E-state index in [9.17, 15) is 9.59 Å². The maximum Gasteiger partial charge on any atom is 0.305 e. The van der Waals surface area contributed by atoms with Gasteiger partial charge >= 0.3 is 5.97 Å². The summed E-state index contributed by atoms with van der Waals surface area (Å²) in [6.07, 6.45) is 0.908. The van der Waals surface area contributed by atoms with E-state index in [-0.39, 0.29) is 23.1 Å². The second-order valence-electron chi connectivity index (χ2n) is 4.86. The lowest BCUT2D eigenvalue weighted by Crippen LogP contribution is -2.27. The SMILES string of the molecule is CCOC(=O)CCC(C)C(=O)C(C)(C)C. The van der Waals surface area contributed by atoms with Gasteiger partial charge < -0.3 is 4.74 Å². The predicted octanol–water partition coefficient (Wildman–Crippen LogP) is 2.58. The van der Waals surface area contributed by atoms with Crippen molar-refractivity contribution in [2.75, 3.05) is 6.61 Å². The Morgan fingerprint density at radius 1 is 1.27 bits per heavy atom. The molecule has 0 aromatic carbocycles. The number of esters is 1. The van der Waals surface area contributed by atoms with Crippen molar-refractivity contribution >= 4 is 11.8 Å². The van der Waals surface area contributed by atoms with Crippen molar-refractivity contribution in [1.82, 2.24) is 0 Å². The fourth-order valence-corrected chi connectivity index (χ4v) is 1.44. The van der Waals surface area contributed by atoms with Crippen LogP contribution in [-0.2, 0) is 14.3 Å². The summed E-state index contributed by atoms with van der Waals surface area (Å²) in [6.45, 7) is 9.75. The van der Waals surface area contributed by atoms with Crippen molar-refractivity contribution in [3.63, 3.8) is 0 Å². The van der Waals surface area contributed by atoms with Gasteiger partial charge in [0.15, 0.2) is 0 Å². The Morgan fingerprint density at radius 2 is 1.80 bits per heavy atom. The van der Waals surface area contributed by atoms with Crippen LogP contribution in [0.25, 0.3) is 0 Å². The number of ether oxygens (including phenoxy) is 1. The van der Waals surface area contributed by atoms with E-state index in [2.05, 4.69) is 0 Å². The minimum atomic E-state index is -0.325. The lowest BCUT2D eigenvalue weighted by Gasteiger charge is -2.21. The summed E-state index contributed by atoms with van der Waals surface area (Å²) in [4.78, 5) is 22.9. The molecule has 3 nitrogen and oxygen atoms in total. The van der Waals surface area contributed by atoms with E-state index >= 15 is 0 Å². The van der Waals surface area contributed by atoms with Crippen LogP contribution in [0.1, 0.15) is 47.5 Å². The Morgan fingerprint density at radius 3 is 2.20 bits per heavy atom. The third-order valence-electron chi connectivity index (χ3n) is 2.27. The number of carbonyl (C=O) groups is 2. The van der Waals surface area contributed by atoms with Crippen LogP contribution in [0.2, 0.25) is 0 Å². The van der Waals surface area contributed by atoms with Crippen LogP contribution in [0.15, 0.2) is 0 Å². The first-order chi connectivity index (χ1) is 6.79. The molecule has 1 atom stereocenters. The monoisotopic (exact) mass is 214 g/mol. The number of carbonyl (C=O) groups excluding carboxylic acids is 2. The van der Waals surface area contributed by atoms with Crippen molar-refractivity contribution in [2.24, 2.45) is 11.3 Å². The molecule has 0 heterocycles. The van der Waals surface area contributed by atoms with Gasteiger partial charge in [0.1, 0.15) is 5.78 Å². The lowest BCUT2D eigenvalue weighted by atomic mass is 9.82. The first-order valence-corrected chi connectivity index (χ1v) is 5.49. The molecule has 0 bridgehead atoms. The minimum Gasteiger partial charge on any atom is -0.466 e. The van der Waals surface area contributed by atoms with E-state index in [0.717, 1.165) is 0 Å². The van der Waals surface area contributed by atoms with Gasteiger partial charge in [0.05, 0.1) is 6.61 Å². The van der Waals surface area contributed by atoms with Crippen LogP contribution in [0.3, 0.4) is 0 Å². The molecule has 0 aliphatic heterocycles. The molecular weight excluding hydrogens is 192 g/mol. The highest BCUT2D eigenvalue weighted by atomic mass is 16.5. The summed E-state index contributed by atoms with van der Waals surface area (Å²) in [5, 5.41) is 0. The highest BCUT2D eigenvalue weighted by Gasteiger charge is 2.26. The summed E-state index contributed by atoms with van der Waals surface area (Å²) >= 11 is 0. The van der Waals surface area contributed by atoms with E-state index < -0.39 is 0 Å². The molecule has 0 saturated heterocycles. The van der Waals surface area contributed by atoms with E-state index in [1.54, 1.807) is 6.92 Å². The lowest BCUT2D eigenvalue weighted by molar-refractivity contribution is -0.143. The zero-order valence-corrected chi connectivity index (χ0v) is 10.4. The maximum atomic E-state index is 11.8. The third kappa shape index (κ3) is 5.55. The van der Waals surface area contributed by atoms with Gasteiger partial charge in [0, 0.05) is 17.8 Å². The van der Waals surface area contributed by atoms with E-state index in [1.807, 2.05) is 27.7 Å². The fourth-order valence-electron chi connectivity index (χ4n) is 1.44. The Bertz CT molecular complexity index is 226. The Labute approximate surface area is 92.2 Å². The highest BCUT2D eigenvalue weighted by molar-refractivity contribution is 5.86. The molecule has 15 heavy (non-hydrogen) atoms. The molecular formula is C12H22O3. The Kier molecular flexibility index (Phi) is 5.55. The highest BCUT2D eigenvalue weighted by Crippen LogP contribution is 2.22. The van der Waals surface area contributed by atoms with Gasteiger partial charge in [-0.2, -0.15) is 0 Å². The molecule has 0 fully saturated rings. The van der Waals surface area contributed by atoms with Crippen molar-refractivity contribution in [2.45, 2.75) is 47.5 Å². The first kappa shape index (κ1) is 14.1. The van der Waals surface area contributed by atoms with Crippen molar-refractivity contribution in [3.05, 3.63) is 0 Å². The number of Topliss-reactive ketones (excluding diaryl/α,β-unsaturated/α-hetero) is 1. The molecule has 0 spiro atoms. The van der Waals surface area contributed by atoms with Crippen molar-refractivity contribution in [1.29, 1.82) is 0 Å². The zero-order chi connectivity index (χ0) is 12.1. The average Bonchev–Trinajstić information content (AvgIpc) is 2.12.